The monoisotopic (exact) mass is 309 g/mol. The van der Waals surface area contributed by atoms with Crippen molar-refractivity contribution in [1.82, 2.24) is 4.90 Å². The number of likely N-dealkylation sites (tertiary alicyclic amines) is 1. The first kappa shape index (κ1) is 16.1. The number of hydrogen-bond donors (Lipinski definition) is 2. The Morgan fingerprint density at radius 2 is 2.29 bits per heavy atom. The Hall–Kier alpha value is -1.26. The molecule has 3 N–H and O–H groups in total. The molecule has 5 heteroatoms. The number of carbonyl (C=O) groups is 1. The van der Waals surface area contributed by atoms with E-state index in [-0.39, 0.29) is 11.9 Å². The molecule has 0 bridgehead atoms. The summed E-state index contributed by atoms with van der Waals surface area (Å²) in [5, 5.41) is 3.38. The number of nitrogens with two attached hydrogens (primary N) is 1. The zero-order valence-electron chi connectivity index (χ0n) is 12.7. The zero-order valence-corrected chi connectivity index (χ0v) is 13.5. The van der Waals surface area contributed by atoms with Crippen LogP contribution in [0.5, 0.6) is 0 Å². The quantitative estimate of drug-likeness (QED) is 0.837. The number of nitrogens with one attached hydrogen (secondary N) is 1. The molecule has 2 unspecified atom stereocenters. The van der Waals surface area contributed by atoms with Gasteiger partial charge in [0.2, 0.25) is 5.91 Å². The third kappa shape index (κ3) is 3.89. The van der Waals surface area contributed by atoms with Gasteiger partial charge in [0.25, 0.3) is 0 Å². The fourth-order valence-electron chi connectivity index (χ4n) is 2.99. The molecular weight excluding hydrogens is 286 g/mol. The number of rotatable bonds is 4. The number of anilines is 2. The zero-order chi connectivity index (χ0) is 15.4. The number of amides is 1. The molecular formula is C16H24ClN3O. The fraction of sp³-hybridized carbons (Fsp3) is 0.562. The minimum atomic E-state index is -0.149. The molecule has 1 aliphatic heterocycles. The smallest absolute Gasteiger partial charge is 0.241 e. The molecule has 0 spiro atoms. The molecule has 0 saturated carbocycles. The summed E-state index contributed by atoms with van der Waals surface area (Å²) in [4.78, 5) is 14.8. The van der Waals surface area contributed by atoms with Crippen molar-refractivity contribution < 1.29 is 4.79 Å². The molecule has 1 fully saturated rings. The van der Waals surface area contributed by atoms with E-state index < -0.39 is 0 Å². The van der Waals surface area contributed by atoms with E-state index in [1.807, 2.05) is 6.92 Å². The van der Waals surface area contributed by atoms with Crippen LogP contribution in [0.15, 0.2) is 18.2 Å². The lowest BCUT2D eigenvalue weighted by Gasteiger charge is -2.38. The normalized spacial score (nSPS) is 21.0. The molecule has 0 aromatic heterocycles. The average molecular weight is 310 g/mol. The predicted octanol–water partition coefficient (Wildman–Crippen LogP) is 3.51. The first-order chi connectivity index (χ1) is 10.0. The van der Waals surface area contributed by atoms with Crippen molar-refractivity contribution in [3.8, 4) is 0 Å². The van der Waals surface area contributed by atoms with E-state index in [1.165, 1.54) is 12.8 Å². The number of benzene rings is 1. The van der Waals surface area contributed by atoms with Gasteiger partial charge in [0.1, 0.15) is 0 Å². The predicted molar refractivity (Wildman–Crippen MR) is 88.6 cm³/mol. The van der Waals surface area contributed by atoms with Crippen molar-refractivity contribution in [2.45, 2.75) is 51.6 Å². The maximum absolute atomic E-state index is 12.5. The molecule has 116 valence electrons. The van der Waals surface area contributed by atoms with Crippen molar-refractivity contribution in [3.63, 3.8) is 0 Å². The van der Waals surface area contributed by atoms with E-state index in [0.29, 0.717) is 22.4 Å². The number of nitrogens with zero attached hydrogens (tertiary/aromatic N) is 1. The fourth-order valence-corrected chi connectivity index (χ4v) is 3.23. The van der Waals surface area contributed by atoms with E-state index in [9.17, 15) is 4.79 Å². The highest BCUT2D eigenvalue weighted by molar-refractivity contribution is 6.34. The topological polar surface area (TPSA) is 58.4 Å². The Kier molecular flexibility index (Phi) is 5.48. The van der Waals surface area contributed by atoms with Gasteiger partial charge in [0.15, 0.2) is 0 Å². The van der Waals surface area contributed by atoms with E-state index in [0.717, 1.165) is 19.4 Å². The maximum Gasteiger partial charge on any atom is 0.241 e. The summed E-state index contributed by atoms with van der Waals surface area (Å²) in [5.41, 5.74) is 6.88. The highest BCUT2D eigenvalue weighted by Crippen LogP contribution is 2.26. The van der Waals surface area contributed by atoms with Crippen molar-refractivity contribution in [2.24, 2.45) is 0 Å². The molecule has 0 radical (unpaired) electrons. The highest BCUT2D eigenvalue weighted by Gasteiger charge is 2.29. The van der Waals surface area contributed by atoms with Gasteiger partial charge in [-0.2, -0.15) is 0 Å². The number of piperidine rings is 1. The summed E-state index contributed by atoms with van der Waals surface area (Å²) in [7, 11) is 0. The van der Waals surface area contributed by atoms with Crippen molar-refractivity contribution in [3.05, 3.63) is 23.2 Å². The second kappa shape index (κ2) is 7.14. The van der Waals surface area contributed by atoms with Gasteiger partial charge < -0.3 is 11.1 Å². The summed E-state index contributed by atoms with van der Waals surface area (Å²) in [6.07, 6.45) is 4.68. The maximum atomic E-state index is 12.5. The summed E-state index contributed by atoms with van der Waals surface area (Å²) < 4.78 is 0. The van der Waals surface area contributed by atoms with Crippen molar-refractivity contribution in [1.29, 1.82) is 0 Å². The van der Waals surface area contributed by atoms with Gasteiger partial charge in [-0.15, -0.1) is 0 Å². The minimum absolute atomic E-state index is 0.0120. The van der Waals surface area contributed by atoms with Crippen LogP contribution in [0.2, 0.25) is 5.02 Å². The Morgan fingerprint density at radius 1 is 1.52 bits per heavy atom. The Morgan fingerprint density at radius 3 is 2.95 bits per heavy atom. The van der Waals surface area contributed by atoms with Crippen LogP contribution in [0.25, 0.3) is 0 Å². The number of halogens is 1. The number of nitrogen functional groups attached to an aromatic ring is 1. The summed E-state index contributed by atoms with van der Waals surface area (Å²) in [5.74, 6) is -0.0120. The summed E-state index contributed by atoms with van der Waals surface area (Å²) in [6, 6.07) is 5.49. The van der Waals surface area contributed by atoms with Crippen LogP contribution in [0.3, 0.4) is 0 Å². The van der Waals surface area contributed by atoms with Crippen LogP contribution in [0, 0.1) is 0 Å². The summed E-state index contributed by atoms with van der Waals surface area (Å²) in [6.45, 7) is 5.14. The minimum Gasteiger partial charge on any atom is -0.399 e. The van der Waals surface area contributed by atoms with Crippen LogP contribution >= 0.6 is 11.6 Å². The standard InChI is InChI=1S/C16H24ClN3O/c1-3-13-6-4-5-9-20(13)11(2)16(21)19-15-8-7-12(18)10-14(15)17/h7-8,10-11,13H,3-6,9,18H2,1-2H3,(H,19,21). The van der Waals surface area contributed by atoms with Gasteiger partial charge in [0, 0.05) is 11.7 Å². The Labute approximate surface area is 131 Å². The first-order valence-electron chi connectivity index (χ1n) is 7.64. The molecule has 4 nitrogen and oxygen atoms in total. The van der Waals surface area contributed by atoms with E-state index >= 15 is 0 Å². The van der Waals surface area contributed by atoms with E-state index in [4.69, 9.17) is 17.3 Å². The van der Waals surface area contributed by atoms with Crippen LogP contribution in [0.1, 0.15) is 39.5 Å². The molecule has 2 rings (SSSR count). The third-order valence-electron chi connectivity index (χ3n) is 4.27. The van der Waals surface area contributed by atoms with E-state index in [1.54, 1.807) is 18.2 Å². The van der Waals surface area contributed by atoms with Crippen molar-refractivity contribution in [2.75, 3.05) is 17.6 Å². The lowest BCUT2D eigenvalue weighted by molar-refractivity contribution is -0.122. The Bertz CT molecular complexity index is 506. The second-order valence-electron chi connectivity index (χ2n) is 5.70. The molecule has 1 amide bonds. The molecule has 2 atom stereocenters. The average Bonchev–Trinajstić information content (AvgIpc) is 2.49. The van der Waals surface area contributed by atoms with Crippen LogP contribution in [0.4, 0.5) is 11.4 Å². The second-order valence-corrected chi connectivity index (χ2v) is 6.11. The molecule has 21 heavy (non-hydrogen) atoms. The molecule has 1 aromatic rings. The first-order valence-corrected chi connectivity index (χ1v) is 8.02. The number of carbonyl (C=O) groups excluding carboxylic acids is 1. The molecule has 1 saturated heterocycles. The highest BCUT2D eigenvalue weighted by atomic mass is 35.5. The van der Waals surface area contributed by atoms with E-state index in [2.05, 4.69) is 17.1 Å². The molecule has 1 aliphatic rings. The molecule has 1 heterocycles. The van der Waals surface area contributed by atoms with Crippen LogP contribution in [-0.2, 0) is 4.79 Å². The lowest BCUT2D eigenvalue weighted by atomic mass is 9.98. The van der Waals surface area contributed by atoms with Gasteiger partial charge in [0.05, 0.1) is 16.8 Å². The third-order valence-corrected chi connectivity index (χ3v) is 4.58. The largest absolute Gasteiger partial charge is 0.399 e. The summed E-state index contributed by atoms with van der Waals surface area (Å²) >= 11 is 6.11. The van der Waals surface area contributed by atoms with Gasteiger partial charge >= 0.3 is 0 Å². The SMILES string of the molecule is CCC1CCCCN1C(C)C(=O)Nc1ccc(N)cc1Cl. The lowest BCUT2D eigenvalue weighted by Crippen LogP contribution is -2.49. The van der Waals surface area contributed by atoms with Crippen LogP contribution < -0.4 is 11.1 Å². The van der Waals surface area contributed by atoms with Gasteiger partial charge in [-0.1, -0.05) is 24.9 Å². The molecule has 0 aliphatic carbocycles. The number of hydrogen-bond acceptors (Lipinski definition) is 3. The van der Waals surface area contributed by atoms with Gasteiger partial charge in [-0.05, 0) is 50.9 Å². The Balaban J connectivity index is 2.04. The van der Waals surface area contributed by atoms with Gasteiger partial charge in [-0.25, -0.2) is 0 Å². The molecule has 1 aromatic carbocycles. The van der Waals surface area contributed by atoms with Crippen molar-refractivity contribution >= 4 is 28.9 Å². The van der Waals surface area contributed by atoms with Crippen LogP contribution in [-0.4, -0.2) is 29.4 Å². The van der Waals surface area contributed by atoms with Gasteiger partial charge in [-0.3, -0.25) is 9.69 Å².